The minimum atomic E-state index is -4.58. The van der Waals surface area contributed by atoms with E-state index in [2.05, 4.69) is 9.97 Å². The molecule has 3 N–H and O–H groups in total. The number of aromatic nitrogens is 2. The molecular weight excluding hydrogens is 409 g/mol. The van der Waals surface area contributed by atoms with E-state index in [0.717, 1.165) is 12.1 Å². The molecule has 0 amide bonds. The van der Waals surface area contributed by atoms with Crippen molar-refractivity contribution in [1.29, 1.82) is 10.5 Å². The van der Waals surface area contributed by atoms with Crippen LogP contribution in [-0.4, -0.2) is 24.1 Å². The molecule has 0 atom stereocenters. The van der Waals surface area contributed by atoms with Crippen LogP contribution in [0.3, 0.4) is 0 Å². The summed E-state index contributed by atoms with van der Waals surface area (Å²) in [7, 11) is 3.14. The van der Waals surface area contributed by atoms with Crippen LogP contribution < -0.4 is 16.2 Å². The molecule has 0 saturated carbocycles. The molecule has 0 saturated heterocycles. The second kappa shape index (κ2) is 7.84. The van der Waals surface area contributed by atoms with Gasteiger partial charge < -0.3 is 15.6 Å². The Bertz CT molecular complexity index is 1310. The molecule has 0 aliphatic carbocycles. The SMILES string of the molecule is CN(C)c1cc(C(F)(F)F)cc(-c2cccc(-c3c(C#N)c(N)[nH]c(=O)c3C#N)c2)n1. The number of nitrogens with one attached hydrogen (secondary N) is 1. The number of hydrogen-bond acceptors (Lipinski definition) is 6. The van der Waals surface area contributed by atoms with Gasteiger partial charge in [0.2, 0.25) is 0 Å². The summed E-state index contributed by atoms with van der Waals surface area (Å²) in [6.07, 6.45) is -4.58. The summed E-state index contributed by atoms with van der Waals surface area (Å²) in [4.78, 5) is 20.1. The molecule has 0 radical (unpaired) electrons. The van der Waals surface area contributed by atoms with Crippen molar-refractivity contribution in [3.63, 3.8) is 0 Å². The van der Waals surface area contributed by atoms with E-state index >= 15 is 0 Å². The summed E-state index contributed by atoms with van der Waals surface area (Å²) in [6, 6.07) is 11.5. The number of aromatic amines is 1. The number of benzene rings is 1. The normalized spacial score (nSPS) is 10.9. The van der Waals surface area contributed by atoms with Gasteiger partial charge in [-0.1, -0.05) is 18.2 Å². The van der Waals surface area contributed by atoms with Gasteiger partial charge in [-0.3, -0.25) is 4.79 Å². The molecule has 10 heteroatoms. The van der Waals surface area contributed by atoms with E-state index in [1.807, 2.05) is 6.07 Å². The highest BCUT2D eigenvalue weighted by atomic mass is 19.4. The lowest BCUT2D eigenvalue weighted by Crippen LogP contribution is -2.16. The Morgan fingerprint density at radius 3 is 2.29 bits per heavy atom. The lowest BCUT2D eigenvalue weighted by atomic mass is 9.94. The van der Waals surface area contributed by atoms with Crippen molar-refractivity contribution >= 4 is 11.6 Å². The highest BCUT2D eigenvalue weighted by Crippen LogP contribution is 2.35. The second-order valence-electron chi connectivity index (χ2n) is 6.79. The molecule has 31 heavy (non-hydrogen) atoms. The number of nitrogens with zero attached hydrogens (tertiary/aromatic N) is 4. The molecule has 0 fully saturated rings. The lowest BCUT2D eigenvalue weighted by Gasteiger charge is -2.17. The molecule has 1 aromatic carbocycles. The molecule has 7 nitrogen and oxygen atoms in total. The Hall–Kier alpha value is -4.31. The number of rotatable bonds is 3. The van der Waals surface area contributed by atoms with Gasteiger partial charge in [0, 0.05) is 25.2 Å². The van der Waals surface area contributed by atoms with Gasteiger partial charge in [0.25, 0.3) is 5.56 Å². The molecule has 0 aliphatic heterocycles. The third-order valence-electron chi connectivity index (χ3n) is 4.51. The number of nitrogen functional groups attached to an aromatic ring is 1. The molecule has 156 valence electrons. The van der Waals surface area contributed by atoms with Gasteiger partial charge in [0.05, 0.1) is 11.3 Å². The highest BCUT2D eigenvalue weighted by Gasteiger charge is 2.32. The van der Waals surface area contributed by atoms with E-state index in [0.29, 0.717) is 5.56 Å². The van der Waals surface area contributed by atoms with Gasteiger partial charge >= 0.3 is 6.18 Å². The predicted octanol–water partition coefficient (Wildman–Crippen LogP) is 3.51. The summed E-state index contributed by atoms with van der Waals surface area (Å²) < 4.78 is 40.2. The van der Waals surface area contributed by atoms with Gasteiger partial charge in [0.15, 0.2) is 0 Å². The van der Waals surface area contributed by atoms with Gasteiger partial charge in [-0.05, 0) is 23.8 Å². The summed E-state index contributed by atoms with van der Waals surface area (Å²) in [5.74, 6) is -0.106. The average molecular weight is 424 g/mol. The number of nitriles is 2. The Morgan fingerprint density at radius 2 is 1.71 bits per heavy atom. The van der Waals surface area contributed by atoms with E-state index < -0.39 is 17.3 Å². The fourth-order valence-electron chi connectivity index (χ4n) is 3.02. The third-order valence-corrected chi connectivity index (χ3v) is 4.51. The van der Waals surface area contributed by atoms with Crippen LogP contribution in [0.25, 0.3) is 22.4 Å². The maximum absolute atomic E-state index is 13.4. The Morgan fingerprint density at radius 1 is 1.06 bits per heavy atom. The standard InChI is InChI=1S/C21H15F3N6O/c1-30(2)17-8-13(21(22,23)24)7-16(28-17)11-4-3-5-12(6-11)18-14(9-25)19(27)29-20(31)15(18)10-26/h3-8H,1-2H3,(H3,27,29,31). The zero-order valence-corrected chi connectivity index (χ0v) is 16.4. The first-order valence-electron chi connectivity index (χ1n) is 8.80. The van der Waals surface area contributed by atoms with Crippen molar-refractivity contribution in [3.8, 4) is 34.5 Å². The molecule has 0 unspecified atom stereocenters. The largest absolute Gasteiger partial charge is 0.416 e. The van der Waals surface area contributed by atoms with E-state index in [1.165, 1.54) is 23.1 Å². The summed E-state index contributed by atoms with van der Waals surface area (Å²) in [6.45, 7) is 0. The van der Waals surface area contributed by atoms with Crippen molar-refractivity contribution < 1.29 is 13.2 Å². The fourth-order valence-corrected chi connectivity index (χ4v) is 3.02. The second-order valence-corrected chi connectivity index (χ2v) is 6.79. The number of H-pyrrole nitrogens is 1. The number of nitrogens with two attached hydrogens (primary N) is 1. The Labute approximate surface area is 174 Å². The Kier molecular flexibility index (Phi) is 5.41. The van der Waals surface area contributed by atoms with E-state index in [4.69, 9.17) is 5.73 Å². The number of alkyl halides is 3. The molecule has 3 rings (SSSR count). The predicted molar refractivity (Wildman–Crippen MR) is 109 cm³/mol. The van der Waals surface area contributed by atoms with Crippen molar-refractivity contribution in [2.24, 2.45) is 0 Å². The van der Waals surface area contributed by atoms with Crippen LogP contribution in [-0.2, 0) is 6.18 Å². The lowest BCUT2D eigenvalue weighted by molar-refractivity contribution is -0.137. The summed E-state index contributed by atoms with van der Waals surface area (Å²) in [5, 5.41) is 18.9. The maximum atomic E-state index is 13.4. The van der Waals surface area contributed by atoms with E-state index in [1.54, 1.807) is 26.2 Å². The van der Waals surface area contributed by atoms with Crippen molar-refractivity contribution in [1.82, 2.24) is 9.97 Å². The first-order valence-corrected chi connectivity index (χ1v) is 8.80. The van der Waals surface area contributed by atoms with E-state index in [9.17, 15) is 28.5 Å². The number of pyridine rings is 2. The summed E-state index contributed by atoms with van der Waals surface area (Å²) >= 11 is 0. The average Bonchev–Trinajstić information content (AvgIpc) is 2.72. The topological polar surface area (TPSA) is 123 Å². The number of anilines is 2. The van der Waals surface area contributed by atoms with Gasteiger partial charge in [0.1, 0.15) is 34.9 Å². The van der Waals surface area contributed by atoms with Crippen LogP contribution in [0.15, 0.2) is 41.2 Å². The first-order chi connectivity index (χ1) is 14.6. The monoisotopic (exact) mass is 424 g/mol. The number of halogens is 3. The maximum Gasteiger partial charge on any atom is 0.416 e. The summed E-state index contributed by atoms with van der Waals surface area (Å²) in [5.41, 5.74) is 4.27. The van der Waals surface area contributed by atoms with Crippen LogP contribution in [0.4, 0.5) is 24.8 Å². The van der Waals surface area contributed by atoms with Crippen molar-refractivity contribution in [2.45, 2.75) is 6.18 Å². The Balaban J connectivity index is 2.29. The fraction of sp³-hybridized carbons (Fsp3) is 0.143. The van der Waals surface area contributed by atoms with Crippen LogP contribution in [0, 0.1) is 22.7 Å². The number of hydrogen-bond donors (Lipinski definition) is 2. The zero-order chi connectivity index (χ0) is 22.9. The van der Waals surface area contributed by atoms with Crippen LogP contribution in [0.2, 0.25) is 0 Å². The molecule has 2 heterocycles. The smallest absolute Gasteiger partial charge is 0.384 e. The van der Waals surface area contributed by atoms with Gasteiger partial charge in [-0.15, -0.1) is 0 Å². The first kappa shape index (κ1) is 21.4. The highest BCUT2D eigenvalue weighted by molar-refractivity contribution is 5.82. The van der Waals surface area contributed by atoms with Crippen molar-refractivity contribution in [3.05, 3.63) is 63.4 Å². The van der Waals surface area contributed by atoms with Crippen LogP contribution in [0.5, 0.6) is 0 Å². The van der Waals surface area contributed by atoms with Gasteiger partial charge in [-0.2, -0.15) is 23.7 Å². The minimum Gasteiger partial charge on any atom is -0.384 e. The molecule has 2 aromatic heterocycles. The molecule has 0 aliphatic rings. The minimum absolute atomic E-state index is 0.00732. The van der Waals surface area contributed by atoms with Crippen LogP contribution in [0.1, 0.15) is 16.7 Å². The molecule has 0 spiro atoms. The molecular formula is C21H15F3N6O. The van der Waals surface area contributed by atoms with Crippen LogP contribution >= 0.6 is 0 Å². The quantitative estimate of drug-likeness (QED) is 0.663. The molecule has 0 bridgehead atoms. The van der Waals surface area contributed by atoms with E-state index in [-0.39, 0.29) is 39.6 Å². The zero-order valence-electron chi connectivity index (χ0n) is 16.4. The van der Waals surface area contributed by atoms with Gasteiger partial charge in [-0.25, -0.2) is 4.98 Å². The third kappa shape index (κ3) is 4.05. The van der Waals surface area contributed by atoms with Crippen molar-refractivity contribution in [2.75, 3.05) is 24.7 Å². The molecule has 3 aromatic rings.